The van der Waals surface area contributed by atoms with Gasteiger partial charge in [0.15, 0.2) is 0 Å². The summed E-state index contributed by atoms with van der Waals surface area (Å²) >= 11 is 0. The zero-order valence-electron chi connectivity index (χ0n) is 21.5. The Morgan fingerprint density at radius 2 is 1.54 bits per heavy atom. The Balaban J connectivity index is 2.22. The first-order valence-electron chi connectivity index (χ1n) is 12.5. The first-order chi connectivity index (χ1) is 18.6. The number of benzene rings is 1. The summed E-state index contributed by atoms with van der Waals surface area (Å²) in [5.41, 5.74) is 17.6. The van der Waals surface area contributed by atoms with Gasteiger partial charge in [-0.3, -0.25) is 19.2 Å². The SMILES string of the molecule is NCCCCC(NC(=O)C(N)CC(N)=O)C(=O)NC(Cc1ccccc1)C(=O)NC(Cc1cnc[nH]1)C(=O)O. The van der Waals surface area contributed by atoms with Gasteiger partial charge in [0.25, 0.3) is 0 Å². The number of nitrogens with one attached hydrogen (secondary N) is 4. The van der Waals surface area contributed by atoms with E-state index in [1.54, 1.807) is 30.3 Å². The fraction of sp³-hybridized carbons (Fsp3) is 0.440. The number of nitrogens with two attached hydrogens (primary N) is 3. The van der Waals surface area contributed by atoms with Crippen molar-refractivity contribution in [2.75, 3.05) is 6.54 Å². The number of aliphatic carboxylic acids is 1. The summed E-state index contributed by atoms with van der Waals surface area (Å²) in [5.74, 6) is -4.20. The third-order valence-electron chi connectivity index (χ3n) is 5.85. The number of amides is 4. The molecule has 2 aromatic rings. The lowest BCUT2D eigenvalue weighted by Crippen LogP contribution is -2.58. The molecule has 0 aliphatic heterocycles. The second kappa shape index (κ2) is 15.8. The minimum atomic E-state index is -1.29. The standard InChI is InChI=1S/C25H36N8O6/c26-9-5-4-8-18(31-22(35)17(27)12-21(28)34)23(36)32-19(10-15-6-2-1-3-7-15)24(37)33-20(25(38)39)11-16-13-29-14-30-16/h1-3,6-7,13-14,17-20H,4-5,8-12,26-27H2,(H2,28,34)(H,29,30)(H,31,35)(H,32,36)(H,33,37)(H,38,39). The topological polar surface area (TPSA) is 248 Å². The molecule has 1 heterocycles. The smallest absolute Gasteiger partial charge is 0.326 e. The van der Waals surface area contributed by atoms with Gasteiger partial charge in [0.1, 0.15) is 18.1 Å². The van der Waals surface area contributed by atoms with Crippen LogP contribution in [0.15, 0.2) is 42.9 Å². The molecule has 0 saturated heterocycles. The lowest BCUT2D eigenvalue weighted by Gasteiger charge is -2.25. The molecule has 0 aliphatic rings. The maximum atomic E-state index is 13.3. The normalized spacial score (nSPS) is 13.9. The number of aromatic nitrogens is 2. The van der Waals surface area contributed by atoms with Crippen molar-refractivity contribution in [1.29, 1.82) is 0 Å². The fourth-order valence-corrected chi connectivity index (χ4v) is 3.77. The van der Waals surface area contributed by atoms with E-state index in [-0.39, 0.29) is 19.3 Å². The van der Waals surface area contributed by atoms with Crippen molar-refractivity contribution in [3.63, 3.8) is 0 Å². The third-order valence-corrected chi connectivity index (χ3v) is 5.85. The Morgan fingerprint density at radius 3 is 2.13 bits per heavy atom. The number of carboxylic acid groups (broad SMARTS) is 1. The molecular weight excluding hydrogens is 508 g/mol. The zero-order valence-corrected chi connectivity index (χ0v) is 21.5. The van der Waals surface area contributed by atoms with Crippen molar-refractivity contribution >= 4 is 29.6 Å². The van der Waals surface area contributed by atoms with E-state index in [0.29, 0.717) is 30.6 Å². The second-order valence-corrected chi connectivity index (χ2v) is 9.05. The molecule has 14 heteroatoms. The van der Waals surface area contributed by atoms with Crippen LogP contribution in [0.3, 0.4) is 0 Å². The average Bonchev–Trinajstić information content (AvgIpc) is 3.40. The van der Waals surface area contributed by atoms with Crippen LogP contribution >= 0.6 is 0 Å². The van der Waals surface area contributed by atoms with E-state index < -0.39 is 60.2 Å². The van der Waals surface area contributed by atoms with Gasteiger partial charge in [-0.25, -0.2) is 9.78 Å². The highest BCUT2D eigenvalue weighted by Gasteiger charge is 2.31. The van der Waals surface area contributed by atoms with Gasteiger partial charge in [0.05, 0.1) is 18.8 Å². The van der Waals surface area contributed by atoms with E-state index in [1.165, 1.54) is 12.5 Å². The summed E-state index contributed by atoms with van der Waals surface area (Å²) in [5, 5.41) is 17.3. The van der Waals surface area contributed by atoms with Crippen LogP contribution in [0.1, 0.15) is 36.9 Å². The number of unbranched alkanes of at least 4 members (excludes halogenated alkanes) is 1. The third kappa shape index (κ3) is 10.9. The van der Waals surface area contributed by atoms with Crippen LogP contribution in [0.2, 0.25) is 0 Å². The molecule has 14 nitrogen and oxygen atoms in total. The highest BCUT2D eigenvalue weighted by atomic mass is 16.4. The number of H-pyrrole nitrogens is 1. The molecule has 4 amide bonds. The number of rotatable bonds is 17. The highest BCUT2D eigenvalue weighted by molar-refractivity contribution is 5.95. The van der Waals surface area contributed by atoms with E-state index in [9.17, 15) is 29.1 Å². The van der Waals surface area contributed by atoms with Crippen LogP contribution in [0.4, 0.5) is 0 Å². The molecule has 4 atom stereocenters. The van der Waals surface area contributed by atoms with Gasteiger partial charge in [-0.15, -0.1) is 0 Å². The Bertz CT molecular complexity index is 1100. The van der Waals surface area contributed by atoms with E-state index >= 15 is 0 Å². The van der Waals surface area contributed by atoms with E-state index in [2.05, 4.69) is 25.9 Å². The van der Waals surface area contributed by atoms with Crippen LogP contribution in [-0.4, -0.2) is 75.4 Å². The van der Waals surface area contributed by atoms with Crippen LogP contribution in [-0.2, 0) is 36.8 Å². The molecule has 0 spiro atoms. The molecule has 0 fully saturated rings. The lowest BCUT2D eigenvalue weighted by atomic mass is 10.0. The molecule has 1 aromatic heterocycles. The van der Waals surface area contributed by atoms with Crippen molar-refractivity contribution in [2.24, 2.45) is 17.2 Å². The summed E-state index contributed by atoms with van der Waals surface area (Å²) in [6.45, 7) is 0.370. The second-order valence-electron chi connectivity index (χ2n) is 9.05. The van der Waals surface area contributed by atoms with Gasteiger partial charge in [-0.1, -0.05) is 30.3 Å². The minimum Gasteiger partial charge on any atom is -0.480 e. The van der Waals surface area contributed by atoms with Crippen LogP contribution < -0.4 is 33.2 Å². The molecule has 39 heavy (non-hydrogen) atoms. The van der Waals surface area contributed by atoms with Gasteiger partial charge in [-0.05, 0) is 31.4 Å². The molecule has 2 rings (SSSR count). The van der Waals surface area contributed by atoms with Gasteiger partial charge in [0, 0.05) is 24.7 Å². The molecule has 212 valence electrons. The summed E-state index contributed by atoms with van der Waals surface area (Å²) in [7, 11) is 0. The predicted molar refractivity (Wildman–Crippen MR) is 141 cm³/mol. The van der Waals surface area contributed by atoms with Crippen molar-refractivity contribution in [3.05, 3.63) is 54.1 Å². The van der Waals surface area contributed by atoms with Crippen molar-refractivity contribution in [2.45, 2.75) is 62.7 Å². The summed E-state index contributed by atoms with van der Waals surface area (Å²) in [6, 6.07) is 4.03. The summed E-state index contributed by atoms with van der Waals surface area (Å²) in [6.07, 6.45) is 3.69. The van der Waals surface area contributed by atoms with Gasteiger partial charge in [-0.2, -0.15) is 0 Å². The Hall–Kier alpha value is -4.30. The van der Waals surface area contributed by atoms with E-state index in [0.717, 1.165) is 0 Å². The van der Waals surface area contributed by atoms with Crippen molar-refractivity contribution in [3.8, 4) is 0 Å². The van der Waals surface area contributed by atoms with Crippen LogP contribution in [0.25, 0.3) is 0 Å². The number of carboxylic acids is 1. The molecule has 11 N–H and O–H groups in total. The largest absolute Gasteiger partial charge is 0.480 e. The highest BCUT2D eigenvalue weighted by Crippen LogP contribution is 2.08. The first-order valence-corrected chi connectivity index (χ1v) is 12.5. The van der Waals surface area contributed by atoms with Gasteiger partial charge < -0.3 is 43.2 Å². The zero-order chi connectivity index (χ0) is 28.8. The average molecular weight is 545 g/mol. The maximum absolute atomic E-state index is 13.3. The predicted octanol–water partition coefficient (Wildman–Crippen LogP) is -1.93. The number of nitrogens with zero attached hydrogens (tertiary/aromatic N) is 1. The molecule has 0 bridgehead atoms. The van der Waals surface area contributed by atoms with Gasteiger partial charge in [0.2, 0.25) is 23.6 Å². The molecule has 1 aromatic carbocycles. The molecule has 4 unspecified atom stereocenters. The van der Waals surface area contributed by atoms with Crippen molar-refractivity contribution in [1.82, 2.24) is 25.9 Å². The maximum Gasteiger partial charge on any atom is 0.326 e. The Morgan fingerprint density at radius 1 is 0.897 bits per heavy atom. The fourth-order valence-electron chi connectivity index (χ4n) is 3.77. The number of carbonyl (C=O) groups excluding carboxylic acids is 4. The first kappa shape index (κ1) is 30.9. The number of primary amides is 1. The Kier molecular flexibility index (Phi) is 12.6. The minimum absolute atomic E-state index is 0.0530. The van der Waals surface area contributed by atoms with Gasteiger partial charge >= 0.3 is 5.97 Å². The Labute approximate surface area is 225 Å². The molecule has 0 saturated carbocycles. The molecular formula is C25H36N8O6. The van der Waals surface area contributed by atoms with Crippen LogP contribution in [0.5, 0.6) is 0 Å². The molecule has 0 radical (unpaired) electrons. The number of hydrogen-bond donors (Lipinski definition) is 8. The van der Waals surface area contributed by atoms with Crippen molar-refractivity contribution < 1.29 is 29.1 Å². The van der Waals surface area contributed by atoms with E-state index in [1.807, 2.05) is 0 Å². The van der Waals surface area contributed by atoms with E-state index in [4.69, 9.17) is 17.2 Å². The lowest BCUT2D eigenvalue weighted by molar-refractivity contribution is -0.142. The molecule has 0 aliphatic carbocycles. The number of hydrogen-bond acceptors (Lipinski definition) is 8. The van der Waals surface area contributed by atoms with Crippen LogP contribution in [0, 0.1) is 0 Å². The monoisotopic (exact) mass is 544 g/mol. The number of aromatic amines is 1. The number of carbonyl (C=O) groups is 5. The quantitative estimate of drug-likeness (QED) is 0.103. The summed E-state index contributed by atoms with van der Waals surface area (Å²) in [4.78, 5) is 68.7. The number of imidazole rings is 1. The summed E-state index contributed by atoms with van der Waals surface area (Å²) < 4.78 is 0.